The zero-order valence-electron chi connectivity index (χ0n) is 13.9. The van der Waals surface area contributed by atoms with Crippen LogP contribution in [0.2, 0.25) is 0 Å². The van der Waals surface area contributed by atoms with Crippen molar-refractivity contribution >= 4 is 0 Å². The van der Waals surface area contributed by atoms with Crippen molar-refractivity contribution in [3.05, 3.63) is 0 Å². The Morgan fingerprint density at radius 1 is 0.818 bits per heavy atom. The Balaban J connectivity index is 1.35. The van der Waals surface area contributed by atoms with Crippen molar-refractivity contribution in [1.82, 2.24) is 0 Å². The van der Waals surface area contributed by atoms with Crippen molar-refractivity contribution in [1.29, 1.82) is 0 Å². The van der Waals surface area contributed by atoms with Crippen LogP contribution in [0.5, 0.6) is 0 Å². The number of ether oxygens (including phenoxy) is 1. The molecule has 4 unspecified atom stereocenters. The normalized spacial score (nSPS) is 63.5. The van der Waals surface area contributed by atoms with Crippen LogP contribution in [-0.2, 0) is 14.5 Å². The second kappa shape index (κ2) is 3.60. The summed E-state index contributed by atoms with van der Waals surface area (Å²) in [5, 5.41) is 0. The summed E-state index contributed by atoms with van der Waals surface area (Å²) in [6.07, 6.45) is 11.3. The molecule has 0 aromatic carbocycles. The molecule has 0 aromatic rings. The van der Waals surface area contributed by atoms with Crippen LogP contribution in [0, 0.1) is 34.5 Å². The molecule has 1 saturated heterocycles. The number of hydrogen-bond acceptors (Lipinski definition) is 3. The number of rotatable bonds is 0. The summed E-state index contributed by atoms with van der Waals surface area (Å²) in [6.45, 7) is 4.69. The standard InChI is InChI=1S/C19H28O3/c1-16(2)4-3-5-18(11-16)20-19(22-21-18)14-7-12-6-13-8-15(19)10-17(12,13)9-14/h12-15H,3-11H2,1-2H3/t12?,13?,14?,15?,17?,18-,19?/m1/s1. The van der Waals surface area contributed by atoms with Crippen LogP contribution in [0.4, 0.5) is 0 Å². The predicted octanol–water partition coefficient (Wildman–Crippen LogP) is 4.41. The minimum atomic E-state index is -0.447. The van der Waals surface area contributed by atoms with E-state index in [1.807, 2.05) is 0 Å². The lowest BCUT2D eigenvalue weighted by Gasteiger charge is -2.49. The van der Waals surface area contributed by atoms with Gasteiger partial charge >= 0.3 is 0 Å². The van der Waals surface area contributed by atoms with Crippen molar-refractivity contribution in [3.63, 3.8) is 0 Å². The Bertz CT molecular complexity index is 517. The first-order valence-electron chi connectivity index (χ1n) is 9.53. The molecule has 3 nitrogen and oxygen atoms in total. The molecule has 5 aliphatic carbocycles. The van der Waals surface area contributed by atoms with Gasteiger partial charge in [-0.2, -0.15) is 9.78 Å². The summed E-state index contributed by atoms with van der Waals surface area (Å²) in [5.74, 6) is 2.29. The maximum absolute atomic E-state index is 6.84. The third kappa shape index (κ3) is 1.33. The zero-order chi connectivity index (χ0) is 14.8. The smallest absolute Gasteiger partial charge is 0.210 e. The minimum Gasteiger partial charge on any atom is -0.312 e. The molecule has 3 bridgehead atoms. The Morgan fingerprint density at radius 2 is 1.50 bits per heavy atom. The predicted molar refractivity (Wildman–Crippen MR) is 80.4 cm³/mol. The summed E-state index contributed by atoms with van der Waals surface area (Å²) in [6, 6.07) is 0. The highest BCUT2D eigenvalue weighted by Crippen LogP contribution is 2.79. The first-order chi connectivity index (χ1) is 10.5. The second-order valence-corrected chi connectivity index (χ2v) is 10.2. The molecule has 0 aromatic heterocycles. The van der Waals surface area contributed by atoms with Gasteiger partial charge in [0.2, 0.25) is 11.6 Å². The SMILES string of the molecule is CC1(C)CCC[C@]2(C1)OOC1(O2)C2CC3CC4CC1CC34C2. The largest absolute Gasteiger partial charge is 0.312 e. The highest BCUT2D eigenvalue weighted by molar-refractivity contribution is 5.21. The molecule has 3 spiro atoms. The number of hydrogen-bond donors (Lipinski definition) is 0. The third-order valence-corrected chi connectivity index (χ3v) is 8.55. The van der Waals surface area contributed by atoms with Gasteiger partial charge in [-0.3, -0.25) is 0 Å². The van der Waals surface area contributed by atoms with Gasteiger partial charge in [-0.05, 0) is 67.6 Å². The lowest BCUT2D eigenvalue weighted by Crippen LogP contribution is -2.50. The monoisotopic (exact) mass is 304 g/mol. The van der Waals surface area contributed by atoms with Gasteiger partial charge in [0, 0.05) is 24.7 Å². The maximum atomic E-state index is 6.84. The molecule has 22 heavy (non-hydrogen) atoms. The van der Waals surface area contributed by atoms with Gasteiger partial charge < -0.3 is 4.74 Å². The fraction of sp³-hybridized carbons (Fsp3) is 1.00. The summed E-state index contributed by atoms with van der Waals surface area (Å²) >= 11 is 0. The first-order valence-corrected chi connectivity index (χ1v) is 9.53. The van der Waals surface area contributed by atoms with Gasteiger partial charge in [-0.1, -0.05) is 13.8 Å². The van der Waals surface area contributed by atoms with Crippen LogP contribution in [0.1, 0.15) is 71.6 Å². The van der Waals surface area contributed by atoms with Gasteiger partial charge in [0.05, 0.1) is 0 Å². The highest BCUT2D eigenvalue weighted by atomic mass is 17.3. The van der Waals surface area contributed by atoms with Gasteiger partial charge in [-0.15, -0.1) is 0 Å². The van der Waals surface area contributed by atoms with Crippen LogP contribution >= 0.6 is 0 Å². The van der Waals surface area contributed by atoms with Crippen LogP contribution < -0.4 is 0 Å². The lowest BCUT2D eigenvalue weighted by atomic mass is 9.56. The van der Waals surface area contributed by atoms with E-state index in [4.69, 9.17) is 14.5 Å². The van der Waals surface area contributed by atoms with Crippen molar-refractivity contribution < 1.29 is 14.5 Å². The van der Waals surface area contributed by atoms with E-state index in [2.05, 4.69) is 13.8 Å². The molecular formula is C19H28O3. The summed E-state index contributed by atoms with van der Waals surface area (Å²) in [5.41, 5.74) is 1.01. The molecule has 122 valence electrons. The molecule has 6 rings (SSSR count). The van der Waals surface area contributed by atoms with E-state index >= 15 is 0 Å². The molecule has 0 N–H and O–H groups in total. The van der Waals surface area contributed by atoms with Gasteiger partial charge in [-0.25, -0.2) is 0 Å². The minimum absolute atomic E-state index is 0.305. The van der Waals surface area contributed by atoms with Gasteiger partial charge in [0.1, 0.15) is 0 Å². The summed E-state index contributed by atoms with van der Waals surface area (Å²) in [7, 11) is 0. The Kier molecular flexibility index (Phi) is 2.16. The van der Waals surface area contributed by atoms with Crippen LogP contribution in [0.25, 0.3) is 0 Å². The van der Waals surface area contributed by atoms with Crippen molar-refractivity contribution in [2.75, 3.05) is 0 Å². The summed E-state index contributed by atoms with van der Waals surface area (Å²) in [4.78, 5) is 12.2. The molecule has 3 heteroatoms. The molecule has 1 heterocycles. The van der Waals surface area contributed by atoms with E-state index in [-0.39, 0.29) is 5.79 Å². The maximum Gasteiger partial charge on any atom is 0.210 e. The zero-order valence-corrected chi connectivity index (χ0v) is 13.9. The van der Waals surface area contributed by atoms with Crippen LogP contribution in [0.15, 0.2) is 0 Å². The van der Waals surface area contributed by atoms with Gasteiger partial charge in [0.15, 0.2) is 0 Å². The number of fused-ring (bicyclic) bond motifs is 4. The fourth-order valence-corrected chi connectivity index (χ4v) is 7.78. The average Bonchev–Trinajstić information content (AvgIpc) is 3.00. The molecule has 5 saturated carbocycles. The molecule has 0 radical (unpaired) electrons. The average molecular weight is 304 g/mol. The highest BCUT2D eigenvalue weighted by Gasteiger charge is 2.77. The molecule has 5 atom stereocenters. The van der Waals surface area contributed by atoms with E-state index in [9.17, 15) is 0 Å². The van der Waals surface area contributed by atoms with Crippen LogP contribution in [0.3, 0.4) is 0 Å². The quantitative estimate of drug-likeness (QED) is 0.620. The Morgan fingerprint density at radius 3 is 2.18 bits per heavy atom. The van der Waals surface area contributed by atoms with E-state index < -0.39 is 5.79 Å². The molecule has 6 fully saturated rings. The van der Waals surface area contributed by atoms with E-state index in [1.165, 1.54) is 44.9 Å². The molecular weight excluding hydrogens is 276 g/mol. The van der Waals surface area contributed by atoms with Gasteiger partial charge in [0.25, 0.3) is 0 Å². The molecule has 6 aliphatic rings. The molecule has 0 amide bonds. The Labute approximate surface area is 133 Å². The first kappa shape index (κ1) is 13.2. The van der Waals surface area contributed by atoms with Crippen molar-refractivity contribution in [3.8, 4) is 0 Å². The molecule has 1 aliphatic heterocycles. The lowest BCUT2D eigenvalue weighted by molar-refractivity contribution is -0.376. The summed E-state index contributed by atoms with van der Waals surface area (Å²) < 4.78 is 6.84. The second-order valence-electron chi connectivity index (χ2n) is 10.2. The van der Waals surface area contributed by atoms with E-state index in [0.29, 0.717) is 22.7 Å². The van der Waals surface area contributed by atoms with E-state index in [1.54, 1.807) is 0 Å². The van der Waals surface area contributed by atoms with Crippen molar-refractivity contribution in [2.24, 2.45) is 34.5 Å². The van der Waals surface area contributed by atoms with Crippen LogP contribution in [-0.4, -0.2) is 11.6 Å². The fourth-order valence-electron chi connectivity index (χ4n) is 7.78. The third-order valence-electron chi connectivity index (χ3n) is 8.55. The van der Waals surface area contributed by atoms with E-state index in [0.717, 1.165) is 24.7 Å². The van der Waals surface area contributed by atoms with Crippen molar-refractivity contribution in [2.45, 2.75) is 83.2 Å². The topological polar surface area (TPSA) is 27.7 Å². The Hall–Kier alpha value is -0.120.